The normalized spacial score (nSPS) is 12.2. The Morgan fingerprint density at radius 2 is 0.554 bits per heavy atom. The second kappa shape index (κ2) is 54.2. The topological polar surface area (TPSA) is 78.9 Å². The third kappa shape index (κ3) is 52.5. The van der Waals surface area contributed by atoms with Gasteiger partial charge in [-0.1, -0.05) is 243 Å². The highest BCUT2D eigenvalue weighted by atomic mass is 16.6. The minimum atomic E-state index is -0.775. The highest BCUT2D eigenvalue weighted by molar-refractivity contribution is 5.71. The zero-order valence-corrected chi connectivity index (χ0v) is 43.5. The van der Waals surface area contributed by atoms with Crippen LogP contribution in [-0.4, -0.2) is 37.2 Å². The molecule has 0 aliphatic carbocycles. The summed E-state index contributed by atoms with van der Waals surface area (Å²) in [5.74, 6) is -0.870. The molecular formula is C59H108O6. The van der Waals surface area contributed by atoms with Crippen LogP contribution in [-0.2, 0) is 28.6 Å². The fourth-order valence-corrected chi connectivity index (χ4v) is 8.29. The van der Waals surface area contributed by atoms with Crippen molar-refractivity contribution in [2.24, 2.45) is 0 Å². The summed E-state index contributed by atoms with van der Waals surface area (Å²) in [6.07, 6.45) is 64.1. The quantitative estimate of drug-likeness (QED) is 0.0262. The molecule has 0 fully saturated rings. The Balaban J connectivity index is 4.34. The largest absolute Gasteiger partial charge is 0.462 e. The van der Waals surface area contributed by atoms with Crippen molar-refractivity contribution in [2.45, 2.75) is 309 Å². The first kappa shape index (κ1) is 62.6. The number of carbonyl (C=O) groups is 3. The lowest BCUT2D eigenvalue weighted by atomic mass is 10.0. The molecule has 0 amide bonds. The Morgan fingerprint density at radius 3 is 0.892 bits per heavy atom. The number of carbonyl (C=O) groups excluding carboxylic acids is 3. The van der Waals surface area contributed by atoms with Crippen molar-refractivity contribution in [1.29, 1.82) is 0 Å². The van der Waals surface area contributed by atoms with Gasteiger partial charge in [0.05, 0.1) is 0 Å². The van der Waals surface area contributed by atoms with E-state index in [9.17, 15) is 14.4 Å². The first-order chi connectivity index (χ1) is 32.0. The van der Waals surface area contributed by atoms with E-state index in [2.05, 4.69) is 57.2 Å². The number of unbranched alkanes of at least 4 members (excludes halogenated alkanes) is 35. The smallest absolute Gasteiger partial charge is 0.306 e. The average Bonchev–Trinajstić information content (AvgIpc) is 3.30. The summed E-state index contributed by atoms with van der Waals surface area (Å²) in [5.41, 5.74) is 0. The van der Waals surface area contributed by atoms with Crippen LogP contribution in [0, 0.1) is 0 Å². The standard InChI is InChI=1S/C59H108O6/c1-4-7-10-13-16-19-22-25-27-28-29-30-32-34-37-40-43-46-49-52-58(61)64-55-56(54-63-57(60)51-48-45-42-39-36-33-24-21-18-15-12-9-6-3)65-59(62)53-50-47-44-41-38-35-31-26-23-20-17-14-11-8-5-2/h16,19,25-27,31,56H,4-15,17-18,20-24,28-30,32-55H2,1-3H3/b19-16-,27-25-,31-26-. The van der Waals surface area contributed by atoms with Gasteiger partial charge in [-0.05, 0) is 77.0 Å². The summed E-state index contributed by atoms with van der Waals surface area (Å²) < 4.78 is 16.9. The maximum absolute atomic E-state index is 12.8. The van der Waals surface area contributed by atoms with Gasteiger partial charge in [-0.2, -0.15) is 0 Å². The molecule has 0 heterocycles. The summed E-state index contributed by atoms with van der Waals surface area (Å²) in [6, 6.07) is 0. The van der Waals surface area contributed by atoms with Gasteiger partial charge < -0.3 is 14.2 Å². The van der Waals surface area contributed by atoms with Gasteiger partial charge in [0.15, 0.2) is 6.10 Å². The molecule has 6 nitrogen and oxygen atoms in total. The van der Waals surface area contributed by atoms with Crippen LogP contribution in [0.4, 0.5) is 0 Å². The molecule has 0 bridgehead atoms. The van der Waals surface area contributed by atoms with E-state index >= 15 is 0 Å². The van der Waals surface area contributed by atoms with Crippen LogP contribution in [0.1, 0.15) is 303 Å². The predicted molar refractivity (Wildman–Crippen MR) is 279 cm³/mol. The number of hydrogen-bond acceptors (Lipinski definition) is 6. The zero-order valence-electron chi connectivity index (χ0n) is 43.5. The molecule has 0 aromatic carbocycles. The number of hydrogen-bond donors (Lipinski definition) is 0. The molecule has 380 valence electrons. The first-order valence-corrected chi connectivity index (χ1v) is 28.5. The van der Waals surface area contributed by atoms with Crippen molar-refractivity contribution in [3.63, 3.8) is 0 Å². The van der Waals surface area contributed by atoms with Crippen LogP contribution in [0.3, 0.4) is 0 Å². The molecule has 0 aliphatic heterocycles. The zero-order chi connectivity index (χ0) is 47.2. The van der Waals surface area contributed by atoms with Gasteiger partial charge in [0.1, 0.15) is 13.2 Å². The van der Waals surface area contributed by atoms with Crippen LogP contribution in [0.5, 0.6) is 0 Å². The average molecular weight is 914 g/mol. The molecule has 0 aromatic heterocycles. The van der Waals surface area contributed by atoms with Gasteiger partial charge in [-0.25, -0.2) is 0 Å². The molecular weight excluding hydrogens is 805 g/mol. The van der Waals surface area contributed by atoms with Gasteiger partial charge in [0.2, 0.25) is 0 Å². The maximum Gasteiger partial charge on any atom is 0.306 e. The van der Waals surface area contributed by atoms with Gasteiger partial charge in [-0.15, -0.1) is 0 Å². The van der Waals surface area contributed by atoms with Crippen LogP contribution in [0.15, 0.2) is 36.5 Å². The van der Waals surface area contributed by atoms with Crippen LogP contribution < -0.4 is 0 Å². The number of esters is 3. The minimum absolute atomic E-state index is 0.0732. The van der Waals surface area contributed by atoms with Gasteiger partial charge >= 0.3 is 17.9 Å². The lowest BCUT2D eigenvalue weighted by molar-refractivity contribution is -0.167. The lowest BCUT2D eigenvalue weighted by Crippen LogP contribution is -2.30. The second-order valence-corrected chi connectivity index (χ2v) is 19.2. The number of rotatable bonds is 52. The third-order valence-corrected chi connectivity index (χ3v) is 12.6. The third-order valence-electron chi connectivity index (χ3n) is 12.6. The van der Waals surface area contributed by atoms with E-state index in [0.29, 0.717) is 19.3 Å². The fourth-order valence-electron chi connectivity index (χ4n) is 8.29. The summed E-state index contributed by atoms with van der Waals surface area (Å²) in [7, 11) is 0. The lowest BCUT2D eigenvalue weighted by Gasteiger charge is -2.18. The molecule has 1 unspecified atom stereocenters. The van der Waals surface area contributed by atoms with Crippen LogP contribution >= 0.6 is 0 Å². The molecule has 65 heavy (non-hydrogen) atoms. The first-order valence-electron chi connectivity index (χ1n) is 28.5. The summed E-state index contributed by atoms with van der Waals surface area (Å²) in [6.45, 7) is 6.63. The molecule has 0 spiro atoms. The van der Waals surface area contributed by atoms with Gasteiger partial charge in [0.25, 0.3) is 0 Å². The van der Waals surface area contributed by atoms with E-state index in [1.54, 1.807) is 0 Å². The Kier molecular flexibility index (Phi) is 52.3. The van der Waals surface area contributed by atoms with Gasteiger partial charge in [-0.3, -0.25) is 14.4 Å². The van der Waals surface area contributed by atoms with E-state index in [4.69, 9.17) is 14.2 Å². The highest BCUT2D eigenvalue weighted by Gasteiger charge is 2.19. The SMILES string of the molecule is CCCCC/C=C\C/C=C\CCCCCCCCCCCC(=O)OCC(COC(=O)CCCCCCCCCCCCCCC)OC(=O)CCCCCCC/C=C\CCCCCCCC. The molecule has 1 atom stereocenters. The molecule has 0 rings (SSSR count). The molecule has 0 radical (unpaired) electrons. The molecule has 0 N–H and O–H groups in total. The van der Waals surface area contributed by atoms with Crippen molar-refractivity contribution in [2.75, 3.05) is 13.2 Å². The van der Waals surface area contributed by atoms with Crippen molar-refractivity contribution in [3.05, 3.63) is 36.5 Å². The molecule has 0 saturated heterocycles. The molecule has 6 heteroatoms. The Labute approximate surface area is 404 Å². The second-order valence-electron chi connectivity index (χ2n) is 19.2. The summed E-state index contributed by atoms with van der Waals surface area (Å²) >= 11 is 0. The molecule has 0 saturated carbocycles. The maximum atomic E-state index is 12.8. The fraction of sp³-hybridized carbons (Fsp3) is 0.847. The van der Waals surface area contributed by atoms with E-state index in [1.807, 2.05) is 0 Å². The highest BCUT2D eigenvalue weighted by Crippen LogP contribution is 2.16. The van der Waals surface area contributed by atoms with Crippen molar-refractivity contribution < 1.29 is 28.6 Å². The van der Waals surface area contributed by atoms with Crippen molar-refractivity contribution in [1.82, 2.24) is 0 Å². The van der Waals surface area contributed by atoms with Crippen molar-refractivity contribution in [3.8, 4) is 0 Å². The van der Waals surface area contributed by atoms with Gasteiger partial charge in [0, 0.05) is 19.3 Å². The monoisotopic (exact) mass is 913 g/mol. The van der Waals surface area contributed by atoms with Crippen LogP contribution in [0.2, 0.25) is 0 Å². The molecule has 0 aromatic rings. The summed E-state index contributed by atoms with van der Waals surface area (Å²) in [5, 5.41) is 0. The van der Waals surface area contributed by atoms with E-state index in [-0.39, 0.29) is 31.1 Å². The Morgan fingerprint density at radius 1 is 0.308 bits per heavy atom. The Hall–Kier alpha value is -2.37. The number of ether oxygens (including phenoxy) is 3. The van der Waals surface area contributed by atoms with E-state index in [1.165, 1.54) is 193 Å². The minimum Gasteiger partial charge on any atom is -0.462 e. The van der Waals surface area contributed by atoms with Crippen LogP contribution in [0.25, 0.3) is 0 Å². The summed E-state index contributed by atoms with van der Waals surface area (Å²) in [4.78, 5) is 38.1. The van der Waals surface area contributed by atoms with Crippen molar-refractivity contribution >= 4 is 17.9 Å². The van der Waals surface area contributed by atoms with E-state index < -0.39 is 6.10 Å². The number of allylic oxidation sites excluding steroid dienone is 6. The van der Waals surface area contributed by atoms with E-state index in [0.717, 1.165) is 70.6 Å². The Bertz CT molecular complexity index is 1090. The molecule has 0 aliphatic rings. The predicted octanol–water partition coefficient (Wildman–Crippen LogP) is 18.9.